The van der Waals surface area contributed by atoms with E-state index in [9.17, 15) is 14.3 Å². The third-order valence-corrected chi connectivity index (χ3v) is 6.96. The summed E-state index contributed by atoms with van der Waals surface area (Å²) in [7, 11) is 2.89. The van der Waals surface area contributed by atoms with Crippen LogP contribution in [0, 0.1) is 11.6 Å². The molecule has 216 valence electrons. The smallest absolute Gasteiger partial charge is 0.274 e. The number of aliphatic hydroxyl groups excluding tert-OH is 1. The van der Waals surface area contributed by atoms with Gasteiger partial charge in [-0.05, 0) is 18.6 Å². The van der Waals surface area contributed by atoms with E-state index in [0.29, 0.717) is 37.2 Å². The number of rotatable bonds is 9. The van der Waals surface area contributed by atoms with Crippen molar-refractivity contribution >= 4 is 33.9 Å². The van der Waals surface area contributed by atoms with Crippen LogP contribution in [0.3, 0.4) is 0 Å². The Morgan fingerprint density at radius 1 is 1.24 bits per heavy atom. The van der Waals surface area contributed by atoms with Gasteiger partial charge >= 0.3 is 0 Å². The zero-order valence-corrected chi connectivity index (χ0v) is 22.5. The van der Waals surface area contributed by atoms with Crippen LogP contribution in [0.4, 0.5) is 25.8 Å². The van der Waals surface area contributed by atoms with E-state index in [2.05, 4.69) is 20.4 Å². The van der Waals surface area contributed by atoms with Crippen molar-refractivity contribution in [2.24, 2.45) is 5.73 Å². The minimum absolute atomic E-state index is 0.0650. The average molecular weight is 569 g/mol. The van der Waals surface area contributed by atoms with Gasteiger partial charge < -0.3 is 36.3 Å². The monoisotopic (exact) mass is 568 g/mol. The number of aromatic nitrogens is 4. The normalized spacial score (nSPS) is 16.9. The highest BCUT2D eigenvalue weighted by Crippen LogP contribution is 2.40. The lowest BCUT2D eigenvalue weighted by atomic mass is 10.1. The number of fused-ring (bicyclic) bond motifs is 1. The molecule has 6 N–H and O–H groups in total. The van der Waals surface area contributed by atoms with Crippen LogP contribution in [0.5, 0.6) is 5.75 Å². The van der Waals surface area contributed by atoms with Gasteiger partial charge in [0.2, 0.25) is 0 Å². The molecule has 0 saturated carbocycles. The Kier molecular flexibility index (Phi) is 7.97. The standard InChI is InChI=1S/C27H30F2N8O4/c1-40-6-5-37-24-17(11-33-37)25(36-12-15(31)7-16(36)13-38)21(10-19(24)29)35-27(39)20-3-4-32-26(34-20)23-18(28)8-14(30)9-22(23)41-2/h3-4,8-11,15-16,38H,5-7,12-13,30-31H2,1-2H3,(H,35,39)/t15-,16-/m0/s1. The molecule has 0 spiro atoms. The van der Waals surface area contributed by atoms with E-state index >= 15 is 4.39 Å². The maximum atomic E-state index is 15.6. The zero-order chi connectivity index (χ0) is 29.3. The lowest BCUT2D eigenvalue weighted by Crippen LogP contribution is -2.34. The molecule has 14 heteroatoms. The number of ether oxygens (including phenoxy) is 2. The molecule has 2 aromatic heterocycles. The van der Waals surface area contributed by atoms with Gasteiger partial charge in [-0.3, -0.25) is 9.48 Å². The third-order valence-electron chi connectivity index (χ3n) is 6.96. The molecule has 0 bridgehead atoms. The van der Waals surface area contributed by atoms with Crippen molar-refractivity contribution in [1.82, 2.24) is 19.7 Å². The summed E-state index contributed by atoms with van der Waals surface area (Å²) in [6.45, 7) is 0.793. The first-order valence-electron chi connectivity index (χ1n) is 12.8. The quantitative estimate of drug-likeness (QED) is 0.220. The maximum absolute atomic E-state index is 15.6. The van der Waals surface area contributed by atoms with Gasteiger partial charge in [-0.15, -0.1) is 0 Å². The van der Waals surface area contributed by atoms with Crippen molar-refractivity contribution in [2.45, 2.75) is 25.0 Å². The Hall–Kier alpha value is -4.40. The fraction of sp³-hybridized carbons (Fsp3) is 0.333. The van der Waals surface area contributed by atoms with E-state index in [1.807, 2.05) is 4.90 Å². The highest BCUT2D eigenvalue weighted by atomic mass is 19.1. The molecule has 0 radical (unpaired) electrons. The highest BCUT2D eigenvalue weighted by molar-refractivity contribution is 6.09. The van der Waals surface area contributed by atoms with Crippen molar-refractivity contribution in [3.63, 3.8) is 0 Å². The summed E-state index contributed by atoms with van der Waals surface area (Å²) in [6.07, 6.45) is 3.32. The maximum Gasteiger partial charge on any atom is 0.274 e. The molecule has 1 amide bonds. The number of hydrogen-bond acceptors (Lipinski definition) is 10. The summed E-state index contributed by atoms with van der Waals surface area (Å²) < 4.78 is 42.2. The molecule has 1 aliphatic heterocycles. The van der Waals surface area contributed by atoms with E-state index in [0.717, 1.165) is 6.07 Å². The molecule has 2 aromatic carbocycles. The van der Waals surface area contributed by atoms with Gasteiger partial charge in [-0.2, -0.15) is 5.10 Å². The first kappa shape index (κ1) is 28.1. The van der Waals surface area contributed by atoms with Crippen molar-refractivity contribution in [3.8, 4) is 17.1 Å². The predicted molar refractivity (Wildman–Crippen MR) is 149 cm³/mol. The number of anilines is 3. The molecule has 4 aromatic rings. The van der Waals surface area contributed by atoms with Gasteiger partial charge in [0, 0.05) is 49.1 Å². The minimum atomic E-state index is -0.722. The zero-order valence-electron chi connectivity index (χ0n) is 22.5. The number of carbonyl (C=O) groups excluding carboxylic acids is 1. The van der Waals surface area contributed by atoms with E-state index in [-0.39, 0.29) is 58.4 Å². The van der Waals surface area contributed by atoms with Crippen LogP contribution in [0.25, 0.3) is 22.3 Å². The summed E-state index contributed by atoms with van der Waals surface area (Å²) in [6, 6.07) is 4.47. The summed E-state index contributed by atoms with van der Waals surface area (Å²) in [5, 5.41) is 17.6. The molecule has 5 rings (SSSR count). The first-order chi connectivity index (χ1) is 19.7. The topological polar surface area (TPSA) is 167 Å². The van der Waals surface area contributed by atoms with Crippen molar-refractivity contribution in [3.05, 3.63) is 54.0 Å². The number of nitrogens with two attached hydrogens (primary N) is 2. The molecule has 0 unspecified atom stereocenters. The molecular formula is C27H30F2N8O4. The van der Waals surface area contributed by atoms with Crippen LogP contribution in [0.15, 0.2) is 36.7 Å². The average Bonchev–Trinajstić information content (AvgIpc) is 3.55. The van der Waals surface area contributed by atoms with E-state index in [1.54, 1.807) is 0 Å². The molecule has 2 atom stereocenters. The second kappa shape index (κ2) is 11.6. The Labute approximate surface area is 233 Å². The largest absolute Gasteiger partial charge is 0.496 e. The Bertz CT molecular complexity index is 1600. The number of aliphatic hydroxyl groups is 1. The number of methoxy groups -OCH3 is 2. The lowest BCUT2D eigenvalue weighted by Gasteiger charge is -2.28. The van der Waals surface area contributed by atoms with Gasteiger partial charge in [0.15, 0.2) is 11.6 Å². The Morgan fingerprint density at radius 3 is 2.78 bits per heavy atom. The molecular weight excluding hydrogens is 538 g/mol. The number of carbonyl (C=O) groups is 1. The number of halogens is 2. The number of benzene rings is 2. The first-order valence-corrected chi connectivity index (χ1v) is 12.8. The molecule has 41 heavy (non-hydrogen) atoms. The van der Waals surface area contributed by atoms with Crippen LogP contribution >= 0.6 is 0 Å². The Morgan fingerprint density at radius 2 is 2.05 bits per heavy atom. The van der Waals surface area contributed by atoms with Crippen LogP contribution in [0.2, 0.25) is 0 Å². The lowest BCUT2D eigenvalue weighted by molar-refractivity contribution is 0.102. The molecule has 0 aliphatic carbocycles. The van der Waals surface area contributed by atoms with Gasteiger partial charge in [0.05, 0.1) is 56.0 Å². The molecule has 12 nitrogen and oxygen atoms in total. The van der Waals surface area contributed by atoms with Gasteiger partial charge in [-0.25, -0.2) is 18.7 Å². The summed E-state index contributed by atoms with van der Waals surface area (Å²) >= 11 is 0. The number of hydrogen-bond donors (Lipinski definition) is 4. The predicted octanol–water partition coefficient (Wildman–Crippen LogP) is 2.16. The summed E-state index contributed by atoms with van der Waals surface area (Å²) in [5.41, 5.74) is 12.7. The van der Waals surface area contributed by atoms with E-state index in [1.165, 1.54) is 49.5 Å². The SMILES string of the molecule is COCCn1ncc2c(N3C[C@@H](N)C[C@H]3CO)c(NC(=O)c3ccnc(-c4c(F)cc(N)cc4OC)n3)cc(F)c21. The number of nitrogens with zero attached hydrogens (tertiary/aromatic N) is 5. The van der Waals surface area contributed by atoms with Crippen molar-refractivity contribution in [1.29, 1.82) is 0 Å². The fourth-order valence-corrected chi connectivity index (χ4v) is 5.14. The second-order valence-corrected chi connectivity index (χ2v) is 9.66. The van der Waals surface area contributed by atoms with Crippen LogP contribution in [-0.2, 0) is 11.3 Å². The van der Waals surface area contributed by atoms with E-state index < -0.39 is 17.5 Å². The molecule has 1 saturated heterocycles. The third kappa shape index (κ3) is 5.36. The number of nitrogen functional groups attached to an aromatic ring is 1. The van der Waals surface area contributed by atoms with Gasteiger partial charge in [-0.1, -0.05) is 0 Å². The van der Waals surface area contributed by atoms with Crippen LogP contribution in [-0.4, -0.2) is 76.8 Å². The van der Waals surface area contributed by atoms with Crippen LogP contribution in [0.1, 0.15) is 16.9 Å². The fourth-order valence-electron chi connectivity index (χ4n) is 5.14. The van der Waals surface area contributed by atoms with Crippen molar-refractivity contribution < 1.29 is 28.2 Å². The molecule has 1 aliphatic rings. The van der Waals surface area contributed by atoms with Gasteiger partial charge in [0.1, 0.15) is 22.8 Å². The van der Waals surface area contributed by atoms with Crippen molar-refractivity contribution in [2.75, 3.05) is 49.9 Å². The molecule has 3 heterocycles. The Balaban J connectivity index is 1.57. The van der Waals surface area contributed by atoms with E-state index in [4.69, 9.17) is 20.9 Å². The summed E-state index contributed by atoms with van der Waals surface area (Å²) in [4.78, 5) is 23.7. The highest BCUT2D eigenvalue weighted by Gasteiger charge is 2.34. The van der Waals surface area contributed by atoms with Gasteiger partial charge in [0.25, 0.3) is 5.91 Å². The van der Waals surface area contributed by atoms with Crippen LogP contribution < -0.4 is 26.4 Å². The summed E-state index contributed by atoms with van der Waals surface area (Å²) in [5.74, 6) is -2.03. The molecule has 1 fully saturated rings. The number of nitrogens with one attached hydrogen (secondary N) is 1. The number of amides is 1. The minimum Gasteiger partial charge on any atom is -0.496 e. The second-order valence-electron chi connectivity index (χ2n) is 9.66.